The van der Waals surface area contributed by atoms with Gasteiger partial charge in [-0.15, -0.1) is 0 Å². The van der Waals surface area contributed by atoms with Gasteiger partial charge in [-0.3, -0.25) is 0 Å². The highest BCUT2D eigenvalue weighted by Gasteiger charge is 2.31. The van der Waals surface area contributed by atoms with Gasteiger partial charge in [-0.25, -0.2) is 8.78 Å². The van der Waals surface area contributed by atoms with E-state index >= 15 is 0 Å². The molecule has 2 rings (SSSR count). The molecule has 0 saturated heterocycles. The highest BCUT2D eigenvalue weighted by atomic mass is 35.5. The van der Waals surface area contributed by atoms with Crippen LogP contribution in [0.15, 0.2) is 24.3 Å². The fourth-order valence-corrected chi connectivity index (χ4v) is 2.51. The van der Waals surface area contributed by atoms with Crippen molar-refractivity contribution in [1.29, 1.82) is 0 Å². The molecule has 1 unspecified atom stereocenters. The number of hydrogen-bond donors (Lipinski definition) is 2. The molecule has 2 N–H and O–H groups in total. The van der Waals surface area contributed by atoms with Crippen LogP contribution in [0.4, 0.5) is 8.78 Å². The fraction of sp³-hybridized carbons (Fsp3) is 0.538. The number of nitrogens with one attached hydrogen (secondary N) is 1. The van der Waals surface area contributed by atoms with E-state index in [1.807, 2.05) is 24.3 Å². The van der Waals surface area contributed by atoms with Gasteiger partial charge in [0.1, 0.15) is 6.10 Å². The molecule has 1 aliphatic carbocycles. The van der Waals surface area contributed by atoms with Crippen LogP contribution in [0.25, 0.3) is 0 Å². The van der Waals surface area contributed by atoms with Crippen molar-refractivity contribution in [2.75, 3.05) is 6.54 Å². The number of hydrogen-bond acceptors (Lipinski definition) is 2. The van der Waals surface area contributed by atoms with Crippen molar-refractivity contribution < 1.29 is 13.9 Å². The molecule has 0 amide bonds. The van der Waals surface area contributed by atoms with Crippen LogP contribution in [0.1, 0.15) is 24.3 Å². The lowest BCUT2D eigenvalue weighted by Crippen LogP contribution is -2.44. The molecule has 2 nitrogen and oxygen atoms in total. The number of alkyl halides is 2. The first-order chi connectivity index (χ1) is 8.58. The molecule has 0 aliphatic heterocycles. The van der Waals surface area contributed by atoms with Crippen molar-refractivity contribution in [1.82, 2.24) is 5.32 Å². The van der Waals surface area contributed by atoms with Crippen LogP contribution in [0.5, 0.6) is 0 Å². The van der Waals surface area contributed by atoms with Gasteiger partial charge in [-0.05, 0) is 30.4 Å². The number of halogens is 3. The minimum Gasteiger partial charge on any atom is -0.386 e. The molecular formula is C13H16ClF2NO. The van der Waals surface area contributed by atoms with Crippen LogP contribution in [-0.2, 0) is 0 Å². The molecule has 1 atom stereocenters. The zero-order valence-corrected chi connectivity index (χ0v) is 10.6. The summed E-state index contributed by atoms with van der Waals surface area (Å²) >= 11 is 6.09. The molecular weight excluding hydrogens is 260 g/mol. The number of benzene rings is 1. The molecule has 1 aliphatic rings. The lowest BCUT2D eigenvalue weighted by atomic mass is 9.76. The highest BCUT2D eigenvalue weighted by molar-refractivity contribution is 6.31. The molecule has 1 saturated carbocycles. The van der Waals surface area contributed by atoms with Gasteiger partial charge in [0, 0.05) is 17.6 Å². The second-order valence-electron chi connectivity index (χ2n) is 4.70. The minimum absolute atomic E-state index is 0.0580. The number of rotatable bonds is 5. The monoisotopic (exact) mass is 275 g/mol. The van der Waals surface area contributed by atoms with Crippen LogP contribution < -0.4 is 5.32 Å². The van der Waals surface area contributed by atoms with E-state index in [1.165, 1.54) is 0 Å². The van der Waals surface area contributed by atoms with Gasteiger partial charge in [-0.2, -0.15) is 0 Å². The van der Waals surface area contributed by atoms with E-state index in [0.717, 1.165) is 23.4 Å². The second kappa shape index (κ2) is 5.95. The summed E-state index contributed by atoms with van der Waals surface area (Å²) in [6.45, 7) is -0.0580. The Labute approximate surface area is 110 Å². The smallest absolute Gasteiger partial charge is 0.265 e. The van der Waals surface area contributed by atoms with Crippen LogP contribution in [0.3, 0.4) is 0 Å². The van der Waals surface area contributed by atoms with Crippen molar-refractivity contribution in [3.8, 4) is 0 Å². The van der Waals surface area contributed by atoms with Gasteiger partial charge in [0.2, 0.25) is 0 Å². The Morgan fingerprint density at radius 2 is 2.00 bits per heavy atom. The second-order valence-corrected chi connectivity index (χ2v) is 5.10. The van der Waals surface area contributed by atoms with E-state index in [2.05, 4.69) is 5.32 Å². The largest absolute Gasteiger partial charge is 0.386 e. The topological polar surface area (TPSA) is 32.3 Å². The summed E-state index contributed by atoms with van der Waals surface area (Å²) in [6, 6.07) is 7.89. The summed E-state index contributed by atoms with van der Waals surface area (Å²) in [5.41, 5.74) is 1.12. The molecule has 0 heterocycles. The van der Waals surface area contributed by atoms with E-state index in [9.17, 15) is 8.78 Å². The van der Waals surface area contributed by atoms with Gasteiger partial charge < -0.3 is 10.4 Å². The normalized spacial score (nSPS) is 24.9. The van der Waals surface area contributed by atoms with E-state index in [0.29, 0.717) is 5.92 Å². The predicted molar refractivity (Wildman–Crippen MR) is 67.2 cm³/mol. The van der Waals surface area contributed by atoms with Gasteiger partial charge in [0.05, 0.1) is 0 Å². The summed E-state index contributed by atoms with van der Waals surface area (Å²) in [4.78, 5) is 0. The lowest BCUT2D eigenvalue weighted by molar-refractivity contribution is -0.00634. The zero-order valence-electron chi connectivity index (χ0n) is 9.82. The molecule has 100 valence electrons. The van der Waals surface area contributed by atoms with Crippen molar-refractivity contribution in [3.63, 3.8) is 0 Å². The molecule has 0 aromatic heterocycles. The van der Waals surface area contributed by atoms with Gasteiger partial charge >= 0.3 is 0 Å². The first-order valence-corrected chi connectivity index (χ1v) is 6.39. The summed E-state index contributed by atoms with van der Waals surface area (Å²) < 4.78 is 24.2. The van der Waals surface area contributed by atoms with Gasteiger partial charge in [0.15, 0.2) is 0 Å². The molecule has 1 aromatic rings. The minimum atomic E-state index is -2.68. The summed E-state index contributed by atoms with van der Waals surface area (Å²) in [5, 5.41) is 12.7. The van der Waals surface area contributed by atoms with Crippen molar-refractivity contribution >= 4 is 11.6 Å². The van der Waals surface area contributed by atoms with E-state index in [-0.39, 0.29) is 12.6 Å². The summed E-state index contributed by atoms with van der Waals surface area (Å²) in [7, 11) is 0. The molecule has 0 radical (unpaired) electrons. The van der Waals surface area contributed by atoms with Crippen molar-refractivity contribution in [2.45, 2.75) is 37.3 Å². The Kier molecular flexibility index (Phi) is 4.54. The van der Waals surface area contributed by atoms with E-state index in [1.54, 1.807) is 0 Å². The maximum absolute atomic E-state index is 12.1. The Hall–Kier alpha value is -0.710. The quantitative estimate of drug-likeness (QED) is 0.866. The Morgan fingerprint density at radius 3 is 2.61 bits per heavy atom. The zero-order chi connectivity index (χ0) is 13.1. The third kappa shape index (κ3) is 3.19. The fourth-order valence-electron chi connectivity index (χ4n) is 2.22. The Balaban J connectivity index is 1.76. The van der Waals surface area contributed by atoms with Crippen LogP contribution in [0, 0.1) is 0 Å². The maximum Gasteiger partial charge on any atom is 0.265 e. The summed E-state index contributed by atoms with van der Waals surface area (Å²) in [6.07, 6.45) is -2.51. The number of aliphatic hydroxyl groups excluding tert-OH is 1. The SMILES string of the molecule is OC(CNC1CC(c2ccccc2Cl)C1)C(F)F. The van der Waals surface area contributed by atoms with Crippen LogP contribution in [0.2, 0.25) is 5.02 Å². The van der Waals surface area contributed by atoms with Gasteiger partial charge in [-0.1, -0.05) is 29.8 Å². The van der Waals surface area contributed by atoms with Crippen LogP contribution in [-0.4, -0.2) is 30.2 Å². The Morgan fingerprint density at radius 1 is 1.33 bits per heavy atom. The molecule has 5 heteroatoms. The average Bonchev–Trinajstić information content (AvgIpc) is 2.28. The van der Waals surface area contributed by atoms with Gasteiger partial charge in [0.25, 0.3) is 6.43 Å². The molecule has 1 aromatic carbocycles. The van der Waals surface area contributed by atoms with Crippen LogP contribution >= 0.6 is 11.6 Å². The van der Waals surface area contributed by atoms with Crippen molar-refractivity contribution in [2.24, 2.45) is 0 Å². The Bertz CT molecular complexity index is 396. The van der Waals surface area contributed by atoms with E-state index < -0.39 is 12.5 Å². The molecule has 0 bridgehead atoms. The first kappa shape index (κ1) is 13.7. The van der Waals surface area contributed by atoms with Crippen molar-refractivity contribution in [3.05, 3.63) is 34.9 Å². The van der Waals surface area contributed by atoms with E-state index in [4.69, 9.17) is 16.7 Å². The highest BCUT2D eigenvalue weighted by Crippen LogP contribution is 2.39. The third-order valence-electron chi connectivity index (χ3n) is 3.39. The number of aliphatic hydroxyl groups is 1. The maximum atomic E-state index is 12.1. The summed E-state index contributed by atoms with van der Waals surface area (Å²) in [5.74, 6) is 0.389. The molecule has 1 fully saturated rings. The molecule has 0 spiro atoms. The average molecular weight is 276 g/mol. The third-order valence-corrected chi connectivity index (χ3v) is 3.73. The predicted octanol–water partition coefficient (Wildman–Crippen LogP) is 2.80. The molecule has 18 heavy (non-hydrogen) atoms. The standard InChI is InChI=1S/C13H16ClF2NO/c14-11-4-2-1-3-10(11)8-5-9(6-8)17-7-12(18)13(15)16/h1-4,8-9,12-13,17-18H,5-7H2. The lowest BCUT2D eigenvalue weighted by Gasteiger charge is -2.37. The first-order valence-electron chi connectivity index (χ1n) is 6.02.